The van der Waals surface area contributed by atoms with E-state index < -0.39 is 24.1 Å². The molecule has 2 N–H and O–H groups in total. The van der Waals surface area contributed by atoms with E-state index in [1.807, 2.05) is 0 Å². The van der Waals surface area contributed by atoms with E-state index in [0.29, 0.717) is 26.1 Å². The summed E-state index contributed by atoms with van der Waals surface area (Å²) in [6.07, 6.45) is 4.27. The molecule has 2 unspecified atom stereocenters. The van der Waals surface area contributed by atoms with Crippen molar-refractivity contribution in [3.05, 3.63) is 0 Å². The van der Waals surface area contributed by atoms with Gasteiger partial charge in [-0.3, -0.25) is 0 Å². The molecule has 0 aromatic rings. The van der Waals surface area contributed by atoms with Crippen LogP contribution in [-0.2, 0) is 35.6 Å². The van der Waals surface area contributed by atoms with Crippen molar-refractivity contribution in [3.63, 3.8) is 0 Å². The molecule has 0 bridgehead atoms. The largest absolute Gasteiger partial charge is 0.479 e. The van der Waals surface area contributed by atoms with Crippen LogP contribution in [0.2, 0.25) is 0 Å². The molecular weight excluding hydrogens is 299 g/mol. The van der Waals surface area contributed by atoms with Gasteiger partial charge in [0.2, 0.25) is 0 Å². The number of hydrogen-bond acceptors (Lipinski definition) is 4. The Morgan fingerprint density at radius 3 is 1.32 bits per heavy atom. The molecule has 19 heavy (non-hydrogen) atoms. The first-order valence-corrected chi connectivity index (χ1v) is 6.30. The Balaban J connectivity index is 0.000000324. The summed E-state index contributed by atoms with van der Waals surface area (Å²) in [5.41, 5.74) is 0. The van der Waals surface area contributed by atoms with Crippen molar-refractivity contribution in [2.24, 2.45) is 0 Å². The Kier molecular flexibility index (Phi) is 9.83. The van der Waals surface area contributed by atoms with Crippen LogP contribution in [0.1, 0.15) is 38.5 Å². The van der Waals surface area contributed by atoms with Gasteiger partial charge in [0, 0.05) is 29.7 Å². The van der Waals surface area contributed by atoms with Gasteiger partial charge in [0.05, 0.1) is 0 Å². The number of rotatable bonds is 2. The molecule has 2 heterocycles. The SMILES string of the molecule is O=C(O)C1CCCCO1.O=C(O)C1CCCCO1.[Ni]. The molecule has 0 aromatic carbocycles. The number of ether oxygens (including phenoxy) is 2. The quantitative estimate of drug-likeness (QED) is 0.745. The molecule has 0 radical (unpaired) electrons. The van der Waals surface area contributed by atoms with Crippen LogP contribution >= 0.6 is 0 Å². The predicted octanol–water partition coefficient (Wildman–Crippen LogP) is 1.28. The summed E-state index contributed by atoms with van der Waals surface area (Å²) in [5.74, 6) is -1.65. The molecule has 2 fully saturated rings. The number of hydrogen-bond donors (Lipinski definition) is 2. The maximum absolute atomic E-state index is 10.2. The van der Waals surface area contributed by atoms with E-state index in [1.54, 1.807) is 0 Å². The van der Waals surface area contributed by atoms with Gasteiger partial charge in [0.1, 0.15) is 0 Å². The number of carbonyl (C=O) groups is 2. The van der Waals surface area contributed by atoms with Crippen molar-refractivity contribution in [2.75, 3.05) is 13.2 Å². The van der Waals surface area contributed by atoms with Gasteiger partial charge < -0.3 is 19.7 Å². The first-order chi connectivity index (χ1) is 8.61. The van der Waals surface area contributed by atoms with E-state index in [9.17, 15) is 9.59 Å². The summed E-state index contributed by atoms with van der Waals surface area (Å²) in [5, 5.41) is 16.8. The zero-order valence-electron chi connectivity index (χ0n) is 10.7. The normalized spacial score (nSPS) is 26.3. The first kappa shape index (κ1) is 18.4. The maximum Gasteiger partial charge on any atom is 0.332 e. The fourth-order valence-corrected chi connectivity index (χ4v) is 1.87. The fourth-order valence-electron chi connectivity index (χ4n) is 1.87. The van der Waals surface area contributed by atoms with E-state index in [0.717, 1.165) is 25.7 Å². The third kappa shape index (κ3) is 7.50. The van der Waals surface area contributed by atoms with Crippen molar-refractivity contribution in [1.29, 1.82) is 0 Å². The van der Waals surface area contributed by atoms with Gasteiger partial charge in [-0.05, 0) is 38.5 Å². The second-order valence-electron chi connectivity index (χ2n) is 4.39. The molecule has 7 heteroatoms. The summed E-state index contributed by atoms with van der Waals surface area (Å²) in [6, 6.07) is 0. The summed E-state index contributed by atoms with van der Waals surface area (Å²) >= 11 is 0. The number of aliphatic carboxylic acids is 2. The number of carboxylic acid groups (broad SMARTS) is 2. The van der Waals surface area contributed by atoms with Gasteiger partial charge in [-0.15, -0.1) is 0 Å². The Morgan fingerprint density at radius 2 is 1.16 bits per heavy atom. The van der Waals surface area contributed by atoms with Gasteiger partial charge in [0.25, 0.3) is 0 Å². The Labute approximate surface area is 122 Å². The Morgan fingerprint density at radius 1 is 0.789 bits per heavy atom. The van der Waals surface area contributed by atoms with Crippen LogP contribution in [0, 0.1) is 0 Å². The fraction of sp³-hybridized carbons (Fsp3) is 0.833. The van der Waals surface area contributed by atoms with Crippen molar-refractivity contribution < 1.29 is 45.8 Å². The minimum atomic E-state index is -0.824. The van der Waals surface area contributed by atoms with Crippen LogP contribution in [0.15, 0.2) is 0 Å². The van der Waals surface area contributed by atoms with E-state index in [1.165, 1.54) is 0 Å². The van der Waals surface area contributed by atoms with E-state index in [4.69, 9.17) is 19.7 Å². The standard InChI is InChI=1S/2C6H10O3.Ni/c2*7-6(8)5-3-1-2-4-9-5;/h2*5H,1-4H2,(H,7,8);. The average Bonchev–Trinajstić information content (AvgIpc) is 2.41. The van der Waals surface area contributed by atoms with Crippen LogP contribution in [0.4, 0.5) is 0 Å². The van der Waals surface area contributed by atoms with Crippen molar-refractivity contribution in [1.82, 2.24) is 0 Å². The minimum Gasteiger partial charge on any atom is -0.479 e. The van der Waals surface area contributed by atoms with Gasteiger partial charge in [-0.25, -0.2) is 9.59 Å². The monoisotopic (exact) mass is 318 g/mol. The molecule has 0 aromatic heterocycles. The molecule has 114 valence electrons. The first-order valence-electron chi connectivity index (χ1n) is 6.30. The molecule has 2 aliphatic rings. The molecule has 2 rings (SSSR count). The topological polar surface area (TPSA) is 93.1 Å². The molecule has 0 saturated carbocycles. The molecular formula is C12H20NiO6. The van der Waals surface area contributed by atoms with Crippen molar-refractivity contribution in [3.8, 4) is 0 Å². The molecule has 2 saturated heterocycles. The van der Waals surface area contributed by atoms with Gasteiger partial charge in [0.15, 0.2) is 12.2 Å². The second-order valence-corrected chi connectivity index (χ2v) is 4.39. The Bertz CT molecular complexity index is 243. The predicted molar refractivity (Wildman–Crippen MR) is 62.5 cm³/mol. The third-order valence-corrected chi connectivity index (χ3v) is 2.91. The molecule has 0 amide bonds. The third-order valence-electron chi connectivity index (χ3n) is 2.91. The molecule has 0 aliphatic carbocycles. The molecule has 2 atom stereocenters. The van der Waals surface area contributed by atoms with Gasteiger partial charge in [-0.2, -0.15) is 0 Å². The zero-order chi connectivity index (χ0) is 13.4. The number of carboxylic acids is 2. The van der Waals surface area contributed by atoms with Crippen LogP contribution in [0.25, 0.3) is 0 Å². The van der Waals surface area contributed by atoms with E-state index >= 15 is 0 Å². The van der Waals surface area contributed by atoms with E-state index in [2.05, 4.69) is 0 Å². The van der Waals surface area contributed by atoms with Crippen molar-refractivity contribution in [2.45, 2.75) is 50.7 Å². The Hall–Kier alpha value is -0.646. The van der Waals surface area contributed by atoms with Gasteiger partial charge in [-0.1, -0.05) is 0 Å². The summed E-state index contributed by atoms with van der Waals surface area (Å²) in [6.45, 7) is 1.22. The summed E-state index contributed by atoms with van der Waals surface area (Å²) < 4.78 is 9.88. The van der Waals surface area contributed by atoms with Crippen LogP contribution in [0.3, 0.4) is 0 Å². The van der Waals surface area contributed by atoms with E-state index in [-0.39, 0.29) is 16.5 Å². The minimum absolute atomic E-state index is 0. The van der Waals surface area contributed by atoms with Crippen LogP contribution in [0.5, 0.6) is 0 Å². The van der Waals surface area contributed by atoms with Crippen LogP contribution in [-0.4, -0.2) is 47.6 Å². The molecule has 6 nitrogen and oxygen atoms in total. The second kappa shape index (κ2) is 10.2. The molecule has 0 spiro atoms. The smallest absolute Gasteiger partial charge is 0.332 e. The van der Waals surface area contributed by atoms with Crippen molar-refractivity contribution >= 4 is 11.9 Å². The summed E-state index contributed by atoms with van der Waals surface area (Å²) in [4.78, 5) is 20.5. The zero-order valence-corrected chi connectivity index (χ0v) is 11.6. The average molecular weight is 319 g/mol. The maximum atomic E-state index is 10.2. The summed E-state index contributed by atoms with van der Waals surface area (Å²) in [7, 11) is 0. The molecule has 2 aliphatic heterocycles. The van der Waals surface area contributed by atoms with Gasteiger partial charge >= 0.3 is 11.9 Å². The van der Waals surface area contributed by atoms with Crippen LogP contribution < -0.4 is 0 Å².